The van der Waals surface area contributed by atoms with Crippen LogP contribution in [0.1, 0.15) is 32.2 Å². The van der Waals surface area contributed by atoms with Crippen molar-refractivity contribution in [2.75, 3.05) is 5.75 Å². The molecule has 132 valence electrons. The molecule has 0 spiro atoms. The molecule has 3 heterocycles. The molecule has 0 unspecified atom stereocenters. The van der Waals surface area contributed by atoms with Crippen LogP contribution in [0.5, 0.6) is 0 Å². The normalized spacial score (nSPS) is 17.0. The van der Waals surface area contributed by atoms with Gasteiger partial charge in [0.1, 0.15) is 0 Å². The first-order valence-electron chi connectivity index (χ1n) is 8.27. The van der Waals surface area contributed by atoms with Crippen molar-refractivity contribution in [1.29, 1.82) is 0 Å². The second-order valence-corrected chi connectivity index (χ2v) is 8.16. The third-order valence-electron chi connectivity index (χ3n) is 4.10. The maximum absolute atomic E-state index is 12.4. The fourth-order valence-electron chi connectivity index (χ4n) is 2.58. The minimum absolute atomic E-state index is 0.0596. The number of fused-ring (bicyclic) bond motifs is 1. The van der Waals surface area contributed by atoms with Crippen molar-refractivity contribution in [2.24, 2.45) is 5.92 Å². The van der Waals surface area contributed by atoms with Gasteiger partial charge in [0.2, 0.25) is 5.91 Å². The van der Waals surface area contributed by atoms with Crippen molar-refractivity contribution in [1.82, 2.24) is 19.9 Å². The Labute approximate surface area is 151 Å². The molecule has 6 nitrogen and oxygen atoms in total. The van der Waals surface area contributed by atoms with Gasteiger partial charge in [-0.2, -0.15) is 0 Å². The van der Waals surface area contributed by atoms with Crippen molar-refractivity contribution >= 4 is 17.7 Å². The zero-order valence-corrected chi connectivity index (χ0v) is 15.5. The summed E-state index contributed by atoms with van der Waals surface area (Å²) in [7, 11) is 0. The highest BCUT2D eigenvalue weighted by molar-refractivity contribution is 7.99. The summed E-state index contributed by atoms with van der Waals surface area (Å²) in [5.41, 5.74) is 1.33. The standard InChI is InChI=1S/C18H22N4O2S/c1-18(2,3)14-8-15(23)22-10-12(11-25-17(22)21-14)16(24)20-9-13-6-4-5-7-19-13/h4-8,12H,9-11H2,1-3H3,(H,20,24)/t12-/m0/s1. The molecule has 2 aromatic rings. The Kier molecular flexibility index (Phi) is 4.94. The highest BCUT2D eigenvalue weighted by Crippen LogP contribution is 2.28. The number of thioether (sulfide) groups is 1. The number of aromatic nitrogens is 3. The fraction of sp³-hybridized carbons (Fsp3) is 0.444. The predicted molar refractivity (Wildman–Crippen MR) is 97.5 cm³/mol. The number of hydrogen-bond donors (Lipinski definition) is 1. The number of hydrogen-bond acceptors (Lipinski definition) is 5. The first-order chi connectivity index (χ1) is 11.8. The van der Waals surface area contributed by atoms with Crippen LogP contribution in [0, 0.1) is 5.92 Å². The van der Waals surface area contributed by atoms with Crippen LogP contribution in [-0.2, 0) is 23.3 Å². The van der Waals surface area contributed by atoms with Crippen LogP contribution < -0.4 is 10.9 Å². The molecule has 3 rings (SSSR count). The second kappa shape index (κ2) is 7.00. The Hall–Kier alpha value is -2.15. The highest BCUT2D eigenvalue weighted by atomic mass is 32.2. The van der Waals surface area contributed by atoms with Gasteiger partial charge in [-0.3, -0.25) is 19.1 Å². The molecule has 0 aromatic carbocycles. The molecule has 7 heteroatoms. The lowest BCUT2D eigenvalue weighted by atomic mass is 9.92. The summed E-state index contributed by atoms with van der Waals surface area (Å²) in [6.07, 6.45) is 1.70. The van der Waals surface area contributed by atoms with Gasteiger partial charge >= 0.3 is 0 Å². The molecule has 0 saturated heterocycles. The van der Waals surface area contributed by atoms with E-state index < -0.39 is 0 Å². The second-order valence-electron chi connectivity index (χ2n) is 7.17. The zero-order chi connectivity index (χ0) is 18.0. The number of carbonyl (C=O) groups excluding carboxylic acids is 1. The maximum Gasteiger partial charge on any atom is 0.254 e. The molecule has 0 bridgehead atoms. The van der Waals surface area contributed by atoms with Crippen molar-refractivity contribution in [3.63, 3.8) is 0 Å². The Balaban J connectivity index is 1.71. The lowest BCUT2D eigenvalue weighted by molar-refractivity contribution is -0.125. The van der Waals surface area contributed by atoms with E-state index >= 15 is 0 Å². The van der Waals surface area contributed by atoms with Crippen LogP contribution in [0.3, 0.4) is 0 Å². The first kappa shape index (κ1) is 17.7. The molecule has 0 aliphatic carbocycles. The van der Waals surface area contributed by atoms with Gasteiger partial charge in [0.15, 0.2) is 5.16 Å². The molecule has 1 amide bonds. The van der Waals surface area contributed by atoms with Gasteiger partial charge < -0.3 is 5.32 Å². The Morgan fingerprint density at radius 3 is 2.88 bits per heavy atom. The minimum Gasteiger partial charge on any atom is -0.350 e. The largest absolute Gasteiger partial charge is 0.350 e. The van der Waals surface area contributed by atoms with Crippen LogP contribution in [-0.4, -0.2) is 26.2 Å². The average Bonchev–Trinajstić information content (AvgIpc) is 2.59. The van der Waals surface area contributed by atoms with E-state index in [1.807, 2.05) is 39.0 Å². The molecular weight excluding hydrogens is 336 g/mol. The summed E-state index contributed by atoms with van der Waals surface area (Å²) >= 11 is 1.47. The van der Waals surface area contributed by atoms with Crippen LogP contribution in [0.4, 0.5) is 0 Å². The molecule has 0 radical (unpaired) electrons. The molecule has 0 saturated carbocycles. The van der Waals surface area contributed by atoms with Crippen molar-refractivity contribution < 1.29 is 4.79 Å². The monoisotopic (exact) mass is 358 g/mol. The molecule has 1 atom stereocenters. The van der Waals surface area contributed by atoms with Crippen LogP contribution in [0.15, 0.2) is 40.4 Å². The average molecular weight is 358 g/mol. The summed E-state index contributed by atoms with van der Waals surface area (Å²) in [5, 5.41) is 3.60. The third-order valence-corrected chi connectivity index (χ3v) is 5.24. The lowest BCUT2D eigenvalue weighted by Gasteiger charge is -2.26. The quantitative estimate of drug-likeness (QED) is 0.849. The van der Waals surface area contributed by atoms with Crippen molar-refractivity contribution in [3.8, 4) is 0 Å². The van der Waals surface area contributed by atoms with E-state index in [9.17, 15) is 9.59 Å². The molecule has 2 aromatic heterocycles. The van der Waals surface area contributed by atoms with E-state index in [0.717, 1.165) is 11.4 Å². The van der Waals surface area contributed by atoms with Crippen LogP contribution in [0.25, 0.3) is 0 Å². The first-order valence-corrected chi connectivity index (χ1v) is 9.26. The van der Waals surface area contributed by atoms with Gasteiger partial charge in [0, 0.05) is 30.0 Å². The number of rotatable bonds is 3. The lowest BCUT2D eigenvalue weighted by Crippen LogP contribution is -2.40. The van der Waals surface area contributed by atoms with Gasteiger partial charge in [0.25, 0.3) is 5.56 Å². The van der Waals surface area contributed by atoms with Gasteiger partial charge in [-0.15, -0.1) is 0 Å². The summed E-state index contributed by atoms with van der Waals surface area (Å²) in [6.45, 7) is 6.87. The van der Waals surface area contributed by atoms with Gasteiger partial charge in [-0.1, -0.05) is 38.6 Å². The highest BCUT2D eigenvalue weighted by Gasteiger charge is 2.28. The smallest absolute Gasteiger partial charge is 0.254 e. The molecule has 1 aliphatic heterocycles. The van der Waals surface area contributed by atoms with Crippen molar-refractivity contribution in [2.45, 2.75) is 44.4 Å². The molecule has 0 fully saturated rings. The van der Waals surface area contributed by atoms with E-state index in [2.05, 4.69) is 15.3 Å². The van der Waals surface area contributed by atoms with E-state index in [1.54, 1.807) is 16.8 Å². The fourth-order valence-corrected chi connectivity index (χ4v) is 3.67. The number of nitrogens with one attached hydrogen (secondary N) is 1. The number of amides is 1. The Morgan fingerprint density at radius 2 is 2.20 bits per heavy atom. The summed E-state index contributed by atoms with van der Waals surface area (Å²) in [6, 6.07) is 7.18. The predicted octanol–water partition coefficient (Wildman–Crippen LogP) is 1.97. The van der Waals surface area contributed by atoms with Crippen molar-refractivity contribution in [3.05, 3.63) is 52.2 Å². The van der Waals surface area contributed by atoms with E-state index in [-0.39, 0.29) is 22.8 Å². The maximum atomic E-state index is 12.4. The molecule has 25 heavy (non-hydrogen) atoms. The summed E-state index contributed by atoms with van der Waals surface area (Å²) in [5.74, 6) is 0.311. The summed E-state index contributed by atoms with van der Waals surface area (Å²) < 4.78 is 1.61. The number of pyridine rings is 1. The van der Waals surface area contributed by atoms with Crippen LogP contribution >= 0.6 is 11.8 Å². The third kappa shape index (κ3) is 4.10. The minimum atomic E-state index is -0.249. The van der Waals surface area contributed by atoms with E-state index in [4.69, 9.17) is 0 Å². The van der Waals surface area contributed by atoms with Crippen LogP contribution in [0.2, 0.25) is 0 Å². The number of nitrogens with zero attached hydrogens (tertiary/aromatic N) is 3. The molecule has 1 aliphatic rings. The Morgan fingerprint density at radius 1 is 1.40 bits per heavy atom. The summed E-state index contributed by atoms with van der Waals surface area (Å²) in [4.78, 5) is 33.7. The number of carbonyl (C=O) groups is 1. The Bertz CT molecular complexity index is 827. The molecule has 1 N–H and O–H groups in total. The van der Waals surface area contributed by atoms with Gasteiger partial charge in [-0.05, 0) is 12.1 Å². The molecular formula is C18H22N4O2S. The van der Waals surface area contributed by atoms with Gasteiger partial charge in [-0.25, -0.2) is 4.98 Å². The zero-order valence-electron chi connectivity index (χ0n) is 14.7. The topological polar surface area (TPSA) is 76.9 Å². The van der Waals surface area contributed by atoms with Gasteiger partial charge in [0.05, 0.1) is 23.9 Å². The van der Waals surface area contributed by atoms with E-state index in [0.29, 0.717) is 24.0 Å². The van der Waals surface area contributed by atoms with E-state index in [1.165, 1.54) is 11.8 Å². The SMILES string of the molecule is CC(C)(C)c1cc(=O)n2c(n1)SC[C@@H](C(=O)NCc1ccccn1)C2.